The van der Waals surface area contributed by atoms with Crippen molar-refractivity contribution >= 4 is 28.7 Å². The molecule has 3 N–H and O–H groups in total. The molecule has 0 unspecified atom stereocenters. The van der Waals surface area contributed by atoms with Crippen LogP contribution < -0.4 is 11.1 Å². The number of nitrogen functional groups attached to an aromatic ring is 1. The van der Waals surface area contributed by atoms with Crippen LogP contribution in [0.2, 0.25) is 5.02 Å². The van der Waals surface area contributed by atoms with Crippen molar-refractivity contribution in [2.45, 2.75) is 6.92 Å². The molecule has 0 radical (unpaired) electrons. The van der Waals surface area contributed by atoms with Crippen molar-refractivity contribution in [2.75, 3.05) is 11.1 Å². The number of anilines is 3. The van der Waals surface area contributed by atoms with Gasteiger partial charge >= 0.3 is 0 Å². The zero-order valence-electron chi connectivity index (χ0n) is 9.87. The van der Waals surface area contributed by atoms with E-state index in [1.807, 2.05) is 19.1 Å². The zero-order valence-corrected chi connectivity index (χ0v) is 10.6. The number of nitrogens with two attached hydrogens (primary N) is 1. The van der Waals surface area contributed by atoms with Crippen LogP contribution in [0, 0.1) is 18.3 Å². The standard InChI is InChI=1S/C14H12ClN3/c1-9-6-10(8-16)2-5-13(9)18-14-7-11(17)3-4-12(14)15/h2-7,18H,17H2,1H3. The minimum Gasteiger partial charge on any atom is -0.399 e. The molecule has 0 spiro atoms. The maximum absolute atomic E-state index is 8.82. The molecule has 4 heteroatoms. The van der Waals surface area contributed by atoms with Crippen LogP contribution in [0.1, 0.15) is 11.1 Å². The van der Waals surface area contributed by atoms with Gasteiger partial charge < -0.3 is 11.1 Å². The van der Waals surface area contributed by atoms with E-state index in [0.29, 0.717) is 16.3 Å². The smallest absolute Gasteiger partial charge is 0.0991 e. The number of aryl methyl sites for hydroxylation is 1. The van der Waals surface area contributed by atoms with Gasteiger partial charge in [-0.1, -0.05) is 11.6 Å². The molecule has 0 saturated carbocycles. The van der Waals surface area contributed by atoms with E-state index in [-0.39, 0.29) is 0 Å². The van der Waals surface area contributed by atoms with Gasteiger partial charge in [-0.2, -0.15) is 5.26 Å². The van der Waals surface area contributed by atoms with Crippen LogP contribution in [-0.4, -0.2) is 0 Å². The zero-order chi connectivity index (χ0) is 13.1. The van der Waals surface area contributed by atoms with E-state index in [0.717, 1.165) is 16.9 Å². The van der Waals surface area contributed by atoms with Gasteiger partial charge in [0.25, 0.3) is 0 Å². The van der Waals surface area contributed by atoms with E-state index in [9.17, 15) is 0 Å². The van der Waals surface area contributed by atoms with Crippen LogP contribution >= 0.6 is 11.6 Å². The lowest BCUT2D eigenvalue weighted by Gasteiger charge is -2.11. The third-order valence-electron chi connectivity index (χ3n) is 2.62. The lowest BCUT2D eigenvalue weighted by Crippen LogP contribution is -1.96. The predicted octanol–water partition coefficient (Wildman–Crippen LogP) is 3.85. The van der Waals surface area contributed by atoms with Gasteiger partial charge in [0.05, 0.1) is 22.3 Å². The molecular weight excluding hydrogens is 246 g/mol. The summed E-state index contributed by atoms with van der Waals surface area (Å²) in [6.45, 7) is 1.93. The quantitative estimate of drug-likeness (QED) is 0.804. The third-order valence-corrected chi connectivity index (χ3v) is 2.94. The average molecular weight is 258 g/mol. The number of hydrogen-bond acceptors (Lipinski definition) is 3. The fraction of sp³-hybridized carbons (Fsp3) is 0.0714. The Morgan fingerprint density at radius 3 is 2.61 bits per heavy atom. The summed E-state index contributed by atoms with van der Waals surface area (Å²) >= 11 is 6.09. The topological polar surface area (TPSA) is 61.8 Å². The van der Waals surface area contributed by atoms with Crippen molar-refractivity contribution in [3.8, 4) is 6.07 Å². The first-order valence-electron chi connectivity index (χ1n) is 5.43. The molecule has 0 aromatic heterocycles. The molecule has 2 aromatic carbocycles. The van der Waals surface area contributed by atoms with Crippen LogP contribution in [-0.2, 0) is 0 Å². The molecule has 0 aliphatic heterocycles. The first kappa shape index (κ1) is 12.3. The summed E-state index contributed by atoms with van der Waals surface area (Å²) in [4.78, 5) is 0. The number of nitriles is 1. The van der Waals surface area contributed by atoms with Crippen LogP contribution in [0.3, 0.4) is 0 Å². The van der Waals surface area contributed by atoms with Crippen molar-refractivity contribution in [3.05, 3.63) is 52.5 Å². The molecule has 18 heavy (non-hydrogen) atoms. The molecule has 90 valence electrons. The van der Waals surface area contributed by atoms with Crippen molar-refractivity contribution in [1.82, 2.24) is 0 Å². The maximum Gasteiger partial charge on any atom is 0.0991 e. The van der Waals surface area contributed by atoms with Gasteiger partial charge in [-0.3, -0.25) is 0 Å². The maximum atomic E-state index is 8.82. The fourth-order valence-corrected chi connectivity index (χ4v) is 1.82. The highest BCUT2D eigenvalue weighted by molar-refractivity contribution is 6.33. The summed E-state index contributed by atoms with van der Waals surface area (Å²) in [6.07, 6.45) is 0. The molecule has 2 aromatic rings. The monoisotopic (exact) mass is 257 g/mol. The van der Waals surface area contributed by atoms with E-state index >= 15 is 0 Å². The van der Waals surface area contributed by atoms with Crippen molar-refractivity contribution in [2.24, 2.45) is 0 Å². The van der Waals surface area contributed by atoms with Crippen molar-refractivity contribution in [3.63, 3.8) is 0 Å². The summed E-state index contributed by atoms with van der Waals surface area (Å²) in [5.41, 5.74) is 9.64. The molecule has 0 aliphatic carbocycles. The summed E-state index contributed by atoms with van der Waals surface area (Å²) in [5.74, 6) is 0. The highest BCUT2D eigenvalue weighted by Gasteiger charge is 2.04. The first-order chi connectivity index (χ1) is 8.60. The van der Waals surface area contributed by atoms with E-state index in [1.54, 1.807) is 24.3 Å². The summed E-state index contributed by atoms with van der Waals surface area (Å²) in [5, 5.41) is 12.6. The summed E-state index contributed by atoms with van der Waals surface area (Å²) in [7, 11) is 0. The van der Waals surface area contributed by atoms with Crippen molar-refractivity contribution < 1.29 is 0 Å². The van der Waals surface area contributed by atoms with E-state index < -0.39 is 0 Å². The Kier molecular flexibility index (Phi) is 3.40. The Balaban J connectivity index is 2.34. The number of halogens is 1. The van der Waals surface area contributed by atoms with E-state index in [4.69, 9.17) is 22.6 Å². The number of hydrogen-bond donors (Lipinski definition) is 2. The van der Waals surface area contributed by atoms with Gasteiger partial charge in [-0.15, -0.1) is 0 Å². The van der Waals surface area contributed by atoms with Crippen LogP contribution in [0.15, 0.2) is 36.4 Å². The number of benzene rings is 2. The molecule has 2 rings (SSSR count). The summed E-state index contributed by atoms with van der Waals surface area (Å²) in [6, 6.07) is 12.8. The molecule has 0 bridgehead atoms. The minimum absolute atomic E-state index is 0.605. The Labute approximate surface area is 111 Å². The molecule has 0 saturated heterocycles. The first-order valence-corrected chi connectivity index (χ1v) is 5.81. The minimum atomic E-state index is 0.605. The molecule has 3 nitrogen and oxygen atoms in total. The highest BCUT2D eigenvalue weighted by Crippen LogP contribution is 2.29. The molecule has 0 amide bonds. The van der Waals surface area contributed by atoms with Crippen LogP contribution in [0.5, 0.6) is 0 Å². The normalized spacial score (nSPS) is 9.83. The highest BCUT2D eigenvalue weighted by atomic mass is 35.5. The van der Waals surface area contributed by atoms with Crippen molar-refractivity contribution in [1.29, 1.82) is 5.26 Å². The molecule has 0 heterocycles. The van der Waals surface area contributed by atoms with Gasteiger partial charge in [-0.05, 0) is 48.9 Å². The summed E-state index contributed by atoms with van der Waals surface area (Å²) < 4.78 is 0. The van der Waals surface area contributed by atoms with Gasteiger partial charge in [0.2, 0.25) is 0 Å². The van der Waals surface area contributed by atoms with Gasteiger partial charge in [0, 0.05) is 11.4 Å². The Hall–Kier alpha value is -2.18. The molecule has 0 atom stereocenters. The largest absolute Gasteiger partial charge is 0.399 e. The second kappa shape index (κ2) is 4.99. The van der Waals surface area contributed by atoms with E-state index in [1.165, 1.54) is 0 Å². The number of nitrogens with one attached hydrogen (secondary N) is 1. The second-order valence-electron chi connectivity index (χ2n) is 4.01. The molecule has 0 fully saturated rings. The lowest BCUT2D eigenvalue weighted by atomic mass is 10.1. The van der Waals surface area contributed by atoms with Gasteiger partial charge in [0.15, 0.2) is 0 Å². The fourth-order valence-electron chi connectivity index (χ4n) is 1.66. The predicted molar refractivity (Wildman–Crippen MR) is 75.0 cm³/mol. The van der Waals surface area contributed by atoms with Crippen LogP contribution in [0.25, 0.3) is 0 Å². The molecule has 0 aliphatic rings. The average Bonchev–Trinajstić information content (AvgIpc) is 2.36. The Morgan fingerprint density at radius 1 is 1.17 bits per heavy atom. The van der Waals surface area contributed by atoms with Gasteiger partial charge in [0.1, 0.15) is 0 Å². The second-order valence-corrected chi connectivity index (χ2v) is 4.41. The Morgan fingerprint density at radius 2 is 1.94 bits per heavy atom. The van der Waals surface area contributed by atoms with Gasteiger partial charge in [-0.25, -0.2) is 0 Å². The molecular formula is C14H12ClN3. The Bertz CT molecular complexity index is 629. The van der Waals surface area contributed by atoms with E-state index in [2.05, 4.69) is 11.4 Å². The number of nitrogens with zero attached hydrogens (tertiary/aromatic N) is 1. The lowest BCUT2D eigenvalue weighted by molar-refractivity contribution is 1.40. The SMILES string of the molecule is Cc1cc(C#N)ccc1Nc1cc(N)ccc1Cl. The van der Waals surface area contributed by atoms with Crippen LogP contribution in [0.4, 0.5) is 17.1 Å². The number of rotatable bonds is 2. The third kappa shape index (κ3) is 2.55.